The van der Waals surface area contributed by atoms with Crippen LogP contribution in [0.2, 0.25) is 0 Å². The highest BCUT2D eigenvalue weighted by molar-refractivity contribution is 7.10. The largest absolute Gasteiger partial charge is 0.348 e. The van der Waals surface area contributed by atoms with Crippen LogP contribution in [-0.2, 0) is 11.3 Å². The molecule has 0 spiro atoms. The molecule has 0 bridgehead atoms. The molecule has 0 saturated carbocycles. The molecule has 0 aliphatic carbocycles. The van der Waals surface area contributed by atoms with Crippen LogP contribution in [-0.4, -0.2) is 45.2 Å². The molecule has 0 unspecified atom stereocenters. The summed E-state index contributed by atoms with van der Waals surface area (Å²) in [6, 6.07) is 4.16. The molecule has 1 fully saturated rings. The number of nitrogens with zero attached hydrogens (tertiary/aromatic N) is 4. The molecule has 1 saturated heterocycles. The Hall–Kier alpha value is -1.73. The summed E-state index contributed by atoms with van der Waals surface area (Å²) >= 11 is 1.68. The molecule has 1 aliphatic heterocycles. The number of rotatable bonds is 6. The first-order valence-corrected chi connectivity index (χ1v) is 8.96. The number of likely N-dealkylation sites (tertiary alicyclic amines) is 1. The maximum absolute atomic E-state index is 12.3. The predicted molar refractivity (Wildman–Crippen MR) is 90.1 cm³/mol. The maximum Gasteiger partial charge on any atom is 0.234 e. The third-order valence-corrected chi connectivity index (χ3v) is 5.28. The molecule has 1 amide bonds. The summed E-state index contributed by atoms with van der Waals surface area (Å²) in [6.07, 6.45) is 5.64. The van der Waals surface area contributed by atoms with Gasteiger partial charge in [0.25, 0.3) is 0 Å². The molecule has 2 atom stereocenters. The lowest BCUT2D eigenvalue weighted by atomic mass is 9.98. The number of carbonyl (C=O) groups excluding carboxylic acids is 1. The van der Waals surface area contributed by atoms with Gasteiger partial charge in [0, 0.05) is 18.0 Å². The van der Waals surface area contributed by atoms with Gasteiger partial charge in [0.15, 0.2) is 0 Å². The maximum atomic E-state index is 12.3. The van der Waals surface area contributed by atoms with Crippen LogP contribution < -0.4 is 5.32 Å². The second-order valence-corrected chi connectivity index (χ2v) is 7.14. The van der Waals surface area contributed by atoms with Crippen molar-refractivity contribution in [2.45, 2.75) is 32.4 Å². The normalized spacial score (nSPS) is 20.3. The van der Waals surface area contributed by atoms with Crippen molar-refractivity contribution in [2.75, 3.05) is 19.6 Å². The molecule has 1 aliphatic rings. The number of piperidine rings is 1. The Morgan fingerprint density at radius 2 is 2.48 bits per heavy atom. The van der Waals surface area contributed by atoms with Crippen molar-refractivity contribution in [1.82, 2.24) is 25.0 Å². The van der Waals surface area contributed by atoms with Crippen LogP contribution in [0, 0.1) is 5.92 Å². The quantitative estimate of drug-likeness (QED) is 0.877. The van der Waals surface area contributed by atoms with Gasteiger partial charge in [-0.2, -0.15) is 5.10 Å². The number of hydrogen-bond acceptors (Lipinski definition) is 5. The lowest BCUT2D eigenvalue weighted by Crippen LogP contribution is -2.43. The summed E-state index contributed by atoms with van der Waals surface area (Å²) in [6.45, 7) is 5.33. The smallest absolute Gasteiger partial charge is 0.234 e. The zero-order valence-corrected chi connectivity index (χ0v) is 14.2. The van der Waals surface area contributed by atoms with Crippen molar-refractivity contribution < 1.29 is 4.79 Å². The van der Waals surface area contributed by atoms with E-state index in [1.807, 2.05) is 23.1 Å². The van der Waals surface area contributed by atoms with E-state index in [-0.39, 0.29) is 11.9 Å². The minimum atomic E-state index is 0.0817. The fourth-order valence-corrected chi connectivity index (χ4v) is 3.87. The van der Waals surface area contributed by atoms with Crippen LogP contribution >= 0.6 is 11.3 Å². The molecular weight excluding hydrogens is 310 g/mol. The third kappa shape index (κ3) is 4.62. The van der Waals surface area contributed by atoms with Gasteiger partial charge >= 0.3 is 0 Å². The monoisotopic (exact) mass is 333 g/mol. The van der Waals surface area contributed by atoms with E-state index in [9.17, 15) is 4.79 Å². The summed E-state index contributed by atoms with van der Waals surface area (Å²) in [7, 11) is 0. The second kappa shape index (κ2) is 7.70. The van der Waals surface area contributed by atoms with E-state index >= 15 is 0 Å². The predicted octanol–water partition coefficient (Wildman–Crippen LogP) is 1.93. The van der Waals surface area contributed by atoms with Crippen LogP contribution in [0.25, 0.3) is 0 Å². The van der Waals surface area contributed by atoms with Gasteiger partial charge in [0.2, 0.25) is 5.91 Å². The van der Waals surface area contributed by atoms with Crippen LogP contribution in [0.4, 0.5) is 0 Å². The second-order valence-electron chi connectivity index (χ2n) is 6.17. The number of thiophene rings is 1. The first-order chi connectivity index (χ1) is 11.2. The fraction of sp³-hybridized carbons (Fsp3) is 0.562. The van der Waals surface area contributed by atoms with Gasteiger partial charge in [0.05, 0.1) is 12.6 Å². The van der Waals surface area contributed by atoms with Crippen LogP contribution in [0.1, 0.15) is 30.7 Å². The third-order valence-electron chi connectivity index (χ3n) is 4.23. The molecular formula is C16H23N5OS. The Balaban J connectivity index is 1.46. The minimum Gasteiger partial charge on any atom is -0.348 e. The topological polar surface area (TPSA) is 63.1 Å². The zero-order valence-electron chi connectivity index (χ0n) is 13.4. The lowest BCUT2D eigenvalue weighted by Gasteiger charge is -2.32. The SMILES string of the molecule is C[C@H](NC(=O)CN1CCC[C@@H](Cn2cncn2)C1)c1cccs1. The van der Waals surface area contributed by atoms with E-state index in [4.69, 9.17) is 0 Å². The first-order valence-electron chi connectivity index (χ1n) is 8.08. The molecule has 2 aromatic rings. The van der Waals surface area contributed by atoms with E-state index in [0.29, 0.717) is 12.5 Å². The highest BCUT2D eigenvalue weighted by Gasteiger charge is 2.22. The standard InChI is InChI=1S/C16H23N5OS/c1-13(15-5-3-7-23-15)19-16(22)10-20-6-2-4-14(8-20)9-21-12-17-11-18-21/h3,5,7,11-14H,2,4,6,8-10H2,1H3,(H,19,22)/t13-,14+/m0/s1. The highest BCUT2D eigenvalue weighted by atomic mass is 32.1. The van der Waals surface area contributed by atoms with Gasteiger partial charge in [-0.05, 0) is 43.7 Å². The Labute approximate surface area is 140 Å². The van der Waals surface area contributed by atoms with Crippen molar-refractivity contribution >= 4 is 17.2 Å². The van der Waals surface area contributed by atoms with Crippen molar-refractivity contribution in [2.24, 2.45) is 5.92 Å². The van der Waals surface area contributed by atoms with E-state index in [1.54, 1.807) is 24.0 Å². The summed E-state index contributed by atoms with van der Waals surface area (Å²) in [4.78, 5) is 19.7. The van der Waals surface area contributed by atoms with Gasteiger partial charge in [-0.25, -0.2) is 4.98 Å². The van der Waals surface area contributed by atoms with Crippen LogP contribution in [0.15, 0.2) is 30.2 Å². The number of nitrogens with one attached hydrogen (secondary N) is 1. The van der Waals surface area contributed by atoms with E-state index in [0.717, 1.165) is 26.1 Å². The Bertz CT molecular complexity index is 598. The average molecular weight is 333 g/mol. The van der Waals surface area contributed by atoms with Crippen molar-refractivity contribution in [3.63, 3.8) is 0 Å². The van der Waals surface area contributed by atoms with Gasteiger partial charge < -0.3 is 5.32 Å². The summed E-state index contributed by atoms with van der Waals surface area (Å²) in [5.74, 6) is 0.639. The highest BCUT2D eigenvalue weighted by Crippen LogP contribution is 2.19. The van der Waals surface area contributed by atoms with Gasteiger partial charge in [0.1, 0.15) is 12.7 Å². The molecule has 3 rings (SSSR count). The fourth-order valence-electron chi connectivity index (χ4n) is 3.13. The number of carbonyl (C=O) groups is 1. The molecule has 124 valence electrons. The average Bonchev–Trinajstić information content (AvgIpc) is 3.20. The van der Waals surface area contributed by atoms with E-state index in [2.05, 4.69) is 26.4 Å². The van der Waals surface area contributed by atoms with Crippen molar-refractivity contribution in [3.05, 3.63) is 35.0 Å². The zero-order chi connectivity index (χ0) is 16.1. The van der Waals surface area contributed by atoms with Gasteiger partial charge in [-0.3, -0.25) is 14.4 Å². The number of amides is 1. The summed E-state index contributed by atoms with van der Waals surface area (Å²) in [5, 5.41) is 9.30. The van der Waals surface area contributed by atoms with Gasteiger partial charge in [-0.1, -0.05) is 6.07 Å². The van der Waals surface area contributed by atoms with Crippen LogP contribution in [0.5, 0.6) is 0 Å². The Morgan fingerprint density at radius 3 is 3.22 bits per heavy atom. The van der Waals surface area contributed by atoms with Crippen molar-refractivity contribution in [1.29, 1.82) is 0 Å². The van der Waals surface area contributed by atoms with E-state index in [1.165, 1.54) is 11.3 Å². The summed E-state index contributed by atoms with van der Waals surface area (Å²) in [5.41, 5.74) is 0. The van der Waals surface area contributed by atoms with Crippen LogP contribution in [0.3, 0.4) is 0 Å². The molecule has 1 N–H and O–H groups in total. The molecule has 6 nitrogen and oxygen atoms in total. The van der Waals surface area contributed by atoms with Gasteiger partial charge in [-0.15, -0.1) is 11.3 Å². The van der Waals surface area contributed by atoms with Crippen molar-refractivity contribution in [3.8, 4) is 0 Å². The van der Waals surface area contributed by atoms with E-state index < -0.39 is 0 Å². The molecule has 0 aromatic carbocycles. The molecule has 2 aromatic heterocycles. The molecule has 23 heavy (non-hydrogen) atoms. The molecule has 7 heteroatoms. The first kappa shape index (κ1) is 16.1. The molecule has 3 heterocycles. The molecule has 0 radical (unpaired) electrons. The Kier molecular flexibility index (Phi) is 5.40. The lowest BCUT2D eigenvalue weighted by molar-refractivity contribution is -0.123. The minimum absolute atomic E-state index is 0.0817. The summed E-state index contributed by atoms with van der Waals surface area (Å²) < 4.78 is 1.88. The number of aromatic nitrogens is 3. The number of hydrogen-bond donors (Lipinski definition) is 1. The Morgan fingerprint density at radius 1 is 1.57 bits per heavy atom.